The van der Waals surface area contributed by atoms with Crippen molar-refractivity contribution in [3.8, 4) is 5.75 Å². The summed E-state index contributed by atoms with van der Waals surface area (Å²) in [5.41, 5.74) is 7.28. The molecule has 4 N–H and O–H groups in total. The van der Waals surface area contributed by atoms with Gasteiger partial charge in [-0.2, -0.15) is 0 Å². The highest BCUT2D eigenvalue weighted by Crippen LogP contribution is 2.29. The molecule has 5 heteroatoms. The van der Waals surface area contributed by atoms with E-state index in [4.69, 9.17) is 10.5 Å². The molecule has 0 unspecified atom stereocenters. The van der Waals surface area contributed by atoms with E-state index >= 15 is 0 Å². The number of amides is 1. The summed E-state index contributed by atoms with van der Waals surface area (Å²) in [6.45, 7) is 4.12. The molecule has 1 amide bonds. The average Bonchev–Trinajstić information content (AvgIpc) is 3.13. The van der Waals surface area contributed by atoms with Crippen molar-refractivity contribution in [2.45, 2.75) is 38.8 Å². The maximum absolute atomic E-state index is 11.6. The molecule has 0 radical (unpaired) electrons. The van der Waals surface area contributed by atoms with Crippen LogP contribution in [-0.4, -0.2) is 24.6 Å². The fourth-order valence-electron chi connectivity index (χ4n) is 1.74. The van der Waals surface area contributed by atoms with E-state index in [1.54, 1.807) is 0 Å². The predicted molar refractivity (Wildman–Crippen MR) is 76.3 cm³/mol. The Labute approximate surface area is 113 Å². The van der Waals surface area contributed by atoms with Crippen LogP contribution in [0.15, 0.2) is 18.2 Å². The van der Waals surface area contributed by atoms with Crippen molar-refractivity contribution in [2.24, 2.45) is 0 Å². The lowest BCUT2D eigenvalue weighted by molar-refractivity contribution is -0.119. The minimum absolute atomic E-state index is 0.00270. The highest BCUT2D eigenvalue weighted by Gasteiger charge is 2.22. The molecule has 1 aliphatic carbocycles. The molecule has 1 aromatic rings. The van der Waals surface area contributed by atoms with Crippen LogP contribution in [0.25, 0.3) is 0 Å². The van der Waals surface area contributed by atoms with Gasteiger partial charge < -0.3 is 21.1 Å². The molecule has 0 spiro atoms. The largest absolute Gasteiger partial charge is 0.489 e. The second-order valence-corrected chi connectivity index (χ2v) is 5.08. The molecule has 1 aliphatic rings. The van der Waals surface area contributed by atoms with E-state index in [0.717, 1.165) is 18.5 Å². The van der Waals surface area contributed by atoms with Gasteiger partial charge in [0, 0.05) is 6.04 Å². The molecule has 5 nitrogen and oxygen atoms in total. The van der Waals surface area contributed by atoms with Gasteiger partial charge in [-0.1, -0.05) is 6.07 Å². The summed E-state index contributed by atoms with van der Waals surface area (Å²) in [5.74, 6) is 0.639. The smallest absolute Gasteiger partial charge is 0.239 e. The molecule has 0 aromatic heterocycles. The maximum atomic E-state index is 11.6. The van der Waals surface area contributed by atoms with Crippen LogP contribution in [0.1, 0.15) is 26.7 Å². The Kier molecular flexibility index (Phi) is 4.14. The SMILES string of the molecule is CC(C)Oc1cccc(NCC(=O)NC2CC2)c1N. The van der Waals surface area contributed by atoms with Crippen molar-refractivity contribution in [2.75, 3.05) is 17.6 Å². The third kappa shape index (κ3) is 4.05. The van der Waals surface area contributed by atoms with Crippen molar-refractivity contribution in [1.82, 2.24) is 5.32 Å². The van der Waals surface area contributed by atoms with Gasteiger partial charge in [0.1, 0.15) is 5.75 Å². The molecule has 0 atom stereocenters. The molecule has 19 heavy (non-hydrogen) atoms. The minimum Gasteiger partial charge on any atom is -0.489 e. The van der Waals surface area contributed by atoms with Gasteiger partial charge in [-0.25, -0.2) is 0 Å². The van der Waals surface area contributed by atoms with E-state index in [1.807, 2.05) is 32.0 Å². The van der Waals surface area contributed by atoms with Gasteiger partial charge in [0.2, 0.25) is 5.91 Å². The van der Waals surface area contributed by atoms with E-state index < -0.39 is 0 Å². The van der Waals surface area contributed by atoms with Crippen molar-refractivity contribution in [3.63, 3.8) is 0 Å². The minimum atomic E-state index is -0.00270. The Balaban J connectivity index is 1.93. The highest BCUT2D eigenvalue weighted by atomic mass is 16.5. The zero-order valence-corrected chi connectivity index (χ0v) is 11.4. The zero-order valence-electron chi connectivity index (χ0n) is 11.4. The number of rotatable bonds is 6. The Morgan fingerprint density at radius 2 is 2.21 bits per heavy atom. The zero-order chi connectivity index (χ0) is 13.8. The van der Waals surface area contributed by atoms with Crippen LogP contribution >= 0.6 is 0 Å². The summed E-state index contributed by atoms with van der Waals surface area (Å²) in [5, 5.41) is 5.96. The monoisotopic (exact) mass is 263 g/mol. The number of carbonyl (C=O) groups excluding carboxylic acids is 1. The average molecular weight is 263 g/mol. The molecular formula is C14H21N3O2. The fourth-order valence-corrected chi connectivity index (χ4v) is 1.74. The van der Waals surface area contributed by atoms with Gasteiger partial charge in [-0.3, -0.25) is 4.79 Å². The maximum Gasteiger partial charge on any atom is 0.239 e. The number of nitrogens with two attached hydrogens (primary N) is 1. The Morgan fingerprint density at radius 1 is 1.47 bits per heavy atom. The second-order valence-electron chi connectivity index (χ2n) is 5.08. The quantitative estimate of drug-likeness (QED) is 0.683. The number of carbonyl (C=O) groups is 1. The second kappa shape index (κ2) is 5.82. The van der Waals surface area contributed by atoms with Crippen molar-refractivity contribution < 1.29 is 9.53 Å². The summed E-state index contributed by atoms with van der Waals surface area (Å²) >= 11 is 0. The summed E-state index contributed by atoms with van der Waals surface area (Å²) < 4.78 is 5.60. The van der Waals surface area contributed by atoms with Gasteiger partial charge in [0.15, 0.2) is 0 Å². The number of anilines is 2. The first-order chi connectivity index (χ1) is 9.06. The number of para-hydroxylation sites is 1. The molecule has 2 rings (SSSR count). The lowest BCUT2D eigenvalue weighted by Crippen LogP contribution is -2.31. The van der Waals surface area contributed by atoms with Crippen LogP contribution in [0.3, 0.4) is 0 Å². The van der Waals surface area contributed by atoms with E-state index in [2.05, 4.69) is 10.6 Å². The Morgan fingerprint density at radius 3 is 2.84 bits per heavy atom. The number of hydrogen-bond acceptors (Lipinski definition) is 4. The molecule has 0 heterocycles. The van der Waals surface area contributed by atoms with Crippen LogP contribution < -0.4 is 21.1 Å². The number of nitrogen functional groups attached to an aromatic ring is 1. The van der Waals surface area contributed by atoms with Gasteiger partial charge in [0.25, 0.3) is 0 Å². The molecule has 104 valence electrons. The van der Waals surface area contributed by atoms with Crippen molar-refractivity contribution in [3.05, 3.63) is 18.2 Å². The van der Waals surface area contributed by atoms with Gasteiger partial charge in [-0.05, 0) is 38.8 Å². The standard InChI is InChI=1S/C14H21N3O2/c1-9(2)19-12-5-3-4-11(14(12)15)16-8-13(18)17-10-6-7-10/h3-5,9-10,16H,6-8,15H2,1-2H3,(H,17,18). The van der Waals surface area contributed by atoms with Crippen LogP contribution in [0.5, 0.6) is 5.75 Å². The summed E-state index contributed by atoms with van der Waals surface area (Å²) in [7, 11) is 0. The number of hydrogen-bond donors (Lipinski definition) is 3. The topological polar surface area (TPSA) is 76.4 Å². The summed E-state index contributed by atoms with van der Waals surface area (Å²) in [6.07, 6.45) is 2.24. The molecule has 1 fully saturated rings. The van der Waals surface area contributed by atoms with Crippen LogP contribution in [0, 0.1) is 0 Å². The molecule has 1 saturated carbocycles. The van der Waals surface area contributed by atoms with Crippen molar-refractivity contribution >= 4 is 17.3 Å². The van der Waals surface area contributed by atoms with Gasteiger partial charge in [-0.15, -0.1) is 0 Å². The summed E-state index contributed by atoms with van der Waals surface area (Å²) in [4.78, 5) is 11.6. The van der Waals surface area contributed by atoms with E-state index in [-0.39, 0.29) is 18.6 Å². The summed E-state index contributed by atoms with van der Waals surface area (Å²) in [6, 6.07) is 5.90. The lowest BCUT2D eigenvalue weighted by atomic mass is 10.2. The first-order valence-corrected chi connectivity index (χ1v) is 6.64. The van der Waals surface area contributed by atoms with Gasteiger partial charge >= 0.3 is 0 Å². The Hall–Kier alpha value is -1.91. The number of nitrogens with one attached hydrogen (secondary N) is 2. The van der Waals surface area contributed by atoms with E-state index in [1.165, 1.54) is 0 Å². The highest BCUT2D eigenvalue weighted by molar-refractivity contribution is 5.83. The van der Waals surface area contributed by atoms with Crippen LogP contribution in [-0.2, 0) is 4.79 Å². The fraction of sp³-hybridized carbons (Fsp3) is 0.500. The molecule has 0 saturated heterocycles. The van der Waals surface area contributed by atoms with Crippen LogP contribution in [0.2, 0.25) is 0 Å². The Bertz CT molecular complexity index is 456. The molecule has 1 aromatic carbocycles. The normalized spacial score (nSPS) is 14.3. The predicted octanol–water partition coefficient (Wildman–Crippen LogP) is 1.75. The molecular weight excluding hydrogens is 242 g/mol. The van der Waals surface area contributed by atoms with E-state index in [0.29, 0.717) is 17.5 Å². The molecule has 0 aliphatic heterocycles. The number of ether oxygens (including phenoxy) is 1. The van der Waals surface area contributed by atoms with Crippen molar-refractivity contribution in [1.29, 1.82) is 0 Å². The lowest BCUT2D eigenvalue weighted by Gasteiger charge is -2.15. The third-order valence-corrected chi connectivity index (χ3v) is 2.81. The van der Waals surface area contributed by atoms with Gasteiger partial charge in [0.05, 0.1) is 24.0 Å². The van der Waals surface area contributed by atoms with Crippen LogP contribution in [0.4, 0.5) is 11.4 Å². The first kappa shape index (κ1) is 13.5. The third-order valence-electron chi connectivity index (χ3n) is 2.81. The first-order valence-electron chi connectivity index (χ1n) is 6.64. The number of benzene rings is 1. The van der Waals surface area contributed by atoms with E-state index in [9.17, 15) is 4.79 Å². The molecule has 0 bridgehead atoms.